The van der Waals surface area contributed by atoms with Crippen molar-refractivity contribution in [2.75, 3.05) is 4.90 Å². The van der Waals surface area contributed by atoms with Gasteiger partial charge < -0.3 is 4.90 Å². The van der Waals surface area contributed by atoms with E-state index in [-0.39, 0.29) is 0 Å². The number of rotatable bonds is 4. The van der Waals surface area contributed by atoms with Gasteiger partial charge in [0.05, 0.1) is 5.69 Å². The van der Waals surface area contributed by atoms with E-state index in [9.17, 15) is 0 Å². The van der Waals surface area contributed by atoms with Crippen molar-refractivity contribution in [2.45, 2.75) is 0 Å². The lowest BCUT2D eigenvalue weighted by molar-refractivity contribution is 1.30. The highest BCUT2D eigenvalue weighted by atomic mass is 15.1. The molecular formula is C40H27N. The van der Waals surface area contributed by atoms with Crippen molar-refractivity contribution in [1.82, 2.24) is 0 Å². The van der Waals surface area contributed by atoms with Crippen molar-refractivity contribution in [1.29, 1.82) is 0 Å². The van der Waals surface area contributed by atoms with Gasteiger partial charge in [-0.1, -0.05) is 127 Å². The van der Waals surface area contributed by atoms with Crippen molar-refractivity contribution in [3.63, 3.8) is 0 Å². The van der Waals surface area contributed by atoms with Crippen molar-refractivity contribution in [3.05, 3.63) is 164 Å². The zero-order valence-electron chi connectivity index (χ0n) is 22.5. The highest BCUT2D eigenvalue weighted by Crippen LogP contribution is 2.43. The third-order valence-corrected chi connectivity index (χ3v) is 8.21. The monoisotopic (exact) mass is 521 g/mol. The molecule has 0 atom stereocenters. The summed E-state index contributed by atoms with van der Waals surface area (Å²) in [5, 5.41) is 10.1. The molecule has 0 saturated carbocycles. The SMILES string of the molecule is c1ccc(N(c2ccc(-c3ccc4ccccc4c3)cc2)c2cc3c4ccccc4ccc3c3ccccc23)cc1. The van der Waals surface area contributed by atoms with Gasteiger partial charge in [-0.3, -0.25) is 0 Å². The Bertz CT molecular complexity index is 2190. The van der Waals surface area contributed by atoms with Crippen LogP contribution in [0.2, 0.25) is 0 Å². The maximum absolute atomic E-state index is 2.40. The smallest absolute Gasteiger partial charge is 0.0546 e. The largest absolute Gasteiger partial charge is 0.310 e. The fraction of sp³-hybridized carbons (Fsp3) is 0. The molecule has 0 aliphatic heterocycles. The van der Waals surface area contributed by atoms with Crippen LogP contribution in [0.5, 0.6) is 0 Å². The molecule has 0 unspecified atom stereocenters. The van der Waals surface area contributed by atoms with Crippen LogP contribution in [-0.4, -0.2) is 0 Å². The van der Waals surface area contributed by atoms with Gasteiger partial charge in [-0.15, -0.1) is 0 Å². The summed E-state index contributed by atoms with van der Waals surface area (Å²) in [7, 11) is 0. The second-order valence-corrected chi connectivity index (χ2v) is 10.6. The minimum atomic E-state index is 1.13. The molecule has 8 aromatic carbocycles. The number of hydrogen-bond donors (Lipinski definition) is 0. The Hall–Kier alpha value is -5.40. The van der Waals surface area contributed by atoms with Crippen LogP contribution in [0.25, 0.3) is 54.2 Å². The quantitative estimate of drug-likeness (QED) is 0.208. The Morgan fingerprint density at radius 1 is 0.293 bits per heavy atom. The maximum atomic E-state index is 2.40. The maximum Gasteiger partial charge on any atom is 0.0546 e. The van der Waals surface area contributed by atoms with Crippen molar-refractivity contribution < 1.29 is 0 Å². The van der Waals surface area contributed by atoms with E-state index in [4.69, 9.17) is 0 Å². The lowest BCUT2D eigenvalue weighted by Crippen LogP contribution is -2.10. The van der Waals surface area contributed by atoms with Gasteiger partial charge in [0.2, 0.25) is 0 Å². The van der Waals surface area contributed by atoms with Gasteiger partial charge >= 0.3 is 0 Å². The molecule has 1 nitrogen and oxygen atoms in total. The van der Waals surface area contributed by atoms with Crippen LogP contribution in [0, 0.1) is 0 Å². The van der Waals surface area contributed by atoms with Gasteiger partial charge in [-0.05, 0) is 85.2 Å². The predicted molar refractivity (Wildman–Crippen MR) is 177 cm³/mol. The fourth-order valence-electron chi connectivity index (χ4n) is 6.20. The molecule has 0 radical (unpaired) electrons. The molecule has 0 spiro atoms. The van der Waals surface area contributed by atoms with E-state index in [1.807, 2.05) is 0 Å². The van der Waals surface area contributed by atoms with Crippen molar-refractivity contribution in [2.24, 2.45) is 0 Å². The van der Waals surface area contributed by atoms with Crippen molar-refractivity contribution in [3.8, 4) is 11.1 Å². The molecule has 0 saturated heterocycles. The van der Waals surface area contributed by atoms with Crippen molar-refractivity contribution >= 4 is 60.2 Å². The molecule has 8 aromatic rings. The number of para-hydroxylation sites is 1. The Balaban J connectivity index is 1.34. The summed E-state index contributed by atoms with van der Waals surface area (Å²) in [6, 6.07) is 59.3. The Morgan fingerprint density at radius 3 is 1.66 bits per heavy atom. The first-order valence-corrected chi connectivity index (χ1v) is 14.1. The summed E-state index contributed by atoms with van der Waals surface area (Å²) >= 11 is 0. The van der Waals surface area contributed by atoms with Crippen LogP contribution >= 0.6 is 0 Å². The summed E-state index contributed by atoms with van der Waals surface area (Å²) < 4.78 is 0. The molecule has 0 aliphatic rings. The average molecular weight is 522 g/mol. The summed E-state index contributed by atoms with van der Waals surface area (Å²) in [6.07, 6.45) is 0. The summed E-state index contributed by atoms with van der Waals surface area (Å²) in [5.74, 6) is 0. The highest BCUT2D eigenvalue weighted by Gasteiger charge is 2.18. The van der Waals surface area contributed by atoms with E-state index in [0.717, 1.165) is 11.4 Å². The van der Waals surface area contributed by atoms with Crippen LogP contribution in [0.4, 0.5) is 17.1 Å². The Kier molecular flexibility index (Phi) is 5.53. The second-order valence-electron chi connectivity index (χ2n) is 10.6. The predicted octanol–water partition coefficient (Wildman–Crippen LogP) is 11.4. The molecule has 0 amide bonds. The first kappa shape index (κ1) is 23.5. The standard InChI is InChI=1S/C40H27N/c1-2-13-33(14-3-1)41(34-23-20-29(21-24-34)32-19-18-28-10-4-5-12-31(28)26-32)40-27-39-35-15-7-6-11-30(35)22-25-37(39)36-16-8-9-17-38(36)40/h1-27H. The molecule has 0 aromatic heterocycles. The third-order valence-electron chi connectivity index (χ3n) is 8.21. The number of fused-ring (bicyclic) bond motifs is 6. The van der Waals surface area contributed by atoms with Gasteiger partial charge in [-0.25, -0.2) is 0 Å². The molecule has 41 heavy (non-hydrogen) atoms. The summed E-state index contributed by atoms with van der Waals surface area (Å²) in [4.78, 5) is 2.40. The summed E-state index contributed by atoms with van der Waals surface area (Å²) in [6.45, 7) is 0. The molecular weight excluding hydrogens is 494 g/mol. The number of hydrogen-bond acceptors (Lipinski definition) is 1. The summed E-state index contributed by atoms with van der Waals surface area (Å²) in [5.41, 5.74) is 5.88. The van der Waals surface area contributed by atoms with E-state index in [1.165, 1.54) is 59.9 Å². The topological polar surface area (TPSA) is 3.24 Å². The molecule has 0 N–H and O–H groups in total. The Labute approximate surface area is 239 Å². The van der Waals surface area contributed by atoms with E-state index in [0.29, 0.717) is 0 Å². The van der Waals surface area contributed by atoms with Crippen LogP contribution in [-0.2, 0) is 0 Å². The number of nitrogens with zero attached hydrogens (tertiary/aromatic N) is 1. The van der Waals surface area contributed by atoms with Crippen LogP contribution < -0.4 is 4.90 Å². The van der Waals surface area contributed by atoms with Gasteiger partial charge in [-0.2, -0.15) is 0 Å². The second kappa shape index (κ2) is 9.66. The molecule has 0 aliphatic carbocycles. The average Bonchev–Trinajstić information content (AvgIpc) is 3.05. The van der Waals surface area contributed by atoms with Crippen LogP contribution in [0.3, 0.4) is 0 Å². The van der Waals surface area contributed by atoms with E-state index < -0.39 is 0 Å². The van der Waals surface area contributed by atoms with Crippen LogP contribution in [0.1, 0.15) is 0 Å². The highest BCUT2D eigenvalue weighted by molar-refractivity contribution is 6.21. The molecule has 0 heterocycles. The molecule has 192 valence electrons. The fourth-order valence-corrected chi connectivity index (χ4v) is 6.20. The lowest BCUT2D eigenvalue weighted by Gasteiger charge is -2.28. The minimum Gasteiger partial charge on any atom is -0.310 e. The first-order valence-electron chi connectivity index (χ1n) is 14.1. The molecule has 8 rings (SSSR count). The molecule has 0 bridgehead atoms. The minimum absolute atomic E-state index is 1.13. The lowest BCUT2D eigenvalue weighted by atomic mass is 9.95. The zero-order chi connectivity index (χ0) is 27.2. The van der Waals surface area contributed by atoms with Gasteiger partial charge in [0.15, 0.2) is 0 Å². The first-order chi connectivity index (χ1) is 20.3. The van der Waals surface area contributed by atoms with Gasteiger partial charge in [0.25, 0.3) is 0 Å². The van der Waals surface area contributed by atoms with Gasteiger partial charge in [0, 0.05) is 16.8 Å². The zero-order valence-corrected chi connectivity index (χ0v) is 22.5. The van der Waals surface area contributed by atoms with Gasteiger partial charge in [0.1, 0.15) is 0 Å². The third kappa shape index (κ3) is 4.02. The molecule has 0 fully saturated rings. The van der Waals surface area contributed by atoms with Crippen LogP contribution in [0.15, 0.2) is 164 Å². The Morgan fingerprint density at radius 2 is 0.854 bits per heavy atom. The normalized spacial score (nSPS) is 11.4. The van der Waals surface area contributed by atoms with E-state index in [1.54, 1.807) is 0 Å². The molecule has 1 heteroatoms. The van der Waals surface area contributed by atoms with E-state index >= 15 is 0 Å². The van der Waals surface area contributed by atoms with E-state index in [2.05, 4.69) is 169 Å². The number of benzene rings is 8. The number of anilines is 3.